The lowest BCUT2D eigenvalue weighted by Gasteiger charge is -2.38. The van der Waals surface area contributed by atoms with Crippen LogP contribution in [-0.4, -0.2) is 41.9 Å². The second kappa shape index (κ2) is 9.94. The van der Waals surface area contributed by atoms with Crippen molar-refractivity contribution < 1.29 is 14.0 Å². The Labute approximate surface area is 179 Å². The van der Waals surface area contributed by atoms with Crippen LogP contribution in [-0.2, 0) is 17.8 Å². The summed E-state index contributed by atoms with van der Waals surface area (Å²) < 4.78 is 5.14. The normalized spacial score (nSPS) is 16.2. The molecule has 2 aromatic rings. The Hall–Kier alpha value is -2.60. The van der Waals surface area contributed by atoms with Gasteiger partial charge in [0.2, 0.25) is 5.91 Å². The quantitative estimate of drug-likeness (QED) is 0.699. The third-order valence-corrected chi connectivity index (χ3v) is 5.86. The third kappa shape index (κ3) is 5.30. The fourth-order valence-electron chi connectivity index (χ4n) is 4.06. The molecule has 30 heavy (non-hydrogen) atoms. The number of hydrogen-bond acceptors (Lipinski definition) is 4. The summed E-state index contributed by atoms with van der Waals surface area (Å²) in [4.78, 5) is 27.7. The molecule has 162 valence electrons. The summed E-state index contributed by atoms with van der Waals surface area (Å²) >= 11 is 0. The van der Waals surface area contributed by atoms with E-state index in [9.17, 15) is 9.59 Å². The molecule has 1 aromatic carbocycles. The zero-order valence-corrected chi connectivity index (χ0v) is 18.4. The van der Waals surface area contributed by atoms with Crippen molar-refractivity contribution in [3.05, 3.63) is 59.5 Å². The van der Waals surface area contributed by atoms with Crippen molar-refractivity contribution in [2.75, 3.05) is 13.1 Å². The molecule has 2 atom stereocenters. The second-order valence-electron chi connectivity index (χ2n) is 8.72. The Balaban J connectivity index is 1.61. The van der Waals surface area contributed by atoms with Gasteiger partial charge in [-0.25, -0.2) is 0 Å². The standard InChI is InChI=1S/C24H33N3O3/c1-16(2)20(27-12-11-18-8-5-6-9-19(18)15-27)14-25-24(29)22(17(3)4)26-23(28)21-10-7-13-30-21/h5-10,13,16-17,20,22H,11-12,14-15H2,1-4H3,(H,25,29)(H,26,28)/t20-,22+/m1/s1. The van der Waals surface area contributed by atoms with Crippen molar-refractivity contribution in [3.63, 3.8) is 0 Å². The van der Waals surface area contributed by atoms with Gasteiger partial charge in [0.15, 0.2) is 5.76 Å². The minimum atomic E-state index is -0.613. The Kier molecular flexibility index (Phi) is 7.32. The molecule has 0 saturated carbocycles. The highest BCUT2D eigenvalue weighted by Gasteiger charge is 2.29. The maximum Gasteiger partial charge on any atom is 0.287 e. The van der Waals surface area contributed by atoms with Crippen LogP contribution in [0.25, 0.3) is 0 Å². The van der Waals surface area contributed by atoms with Crippen LogP contribution in [0.15, 0.2) is 47.1 Å². The maximum absolute atomic E-state index is 12.9. The topological polar surface area (TPSA) is 74.6 Å². The highest BCUT2D eigenvalue weighted by Crippen LogP contribution is 2.23. The summed E-state index contributed by atoms with van der Waals surface area (Å²) in [6.07, 6.45) is 2.48. The Morgan fingerprint density at radius 1 is 1.03 bits per heavy atom. The van der Waals surface area contributed by atoms with Crippen molar-refractivity contribution in [3.8, 4) is 0 Å². The molecular weight excluding hydrogens is 378 g/mol. The number of nitrogens with one attached hydrogen (secondary N) is 2. The molecule has 1 aromatic heterocycles. The molecule has 0 saturated heterocycles. The molecule has 0 radical (unpaired) electrons. The van der Waals surface area contributed by atoms with E-state index in [0.717, 1.165) is 19.5 Å². The van der Waals surface area contributed by atoms with Crippen molar-refractivity contribution in [1.82, 2.24) is 15.5 Å². The molecule has 1 aliphatic rings. The van der Waals surface area contributed by atoms with E-state index in [1.807, 2.05) is 13.8 Å². The molecule has 6 heteroatoms. The zero-order valence-electron chi connectivity index (χ0n) is 18.4. The molecular formula is C24H33N3O3. The molecule has 3 rings (SSSR count). The van der Waals surface area contributed by atoms with Crippen LogP contribution >= 0.6 is 0 Å². The summed E-state index contributed by atoms with van der Waals surface area (Å²) in [6, 6.07) is 11.4. The van der Waals surface area contributed by atoms with Crippen molar-refractivity contribution in [2.45, 2.75) is 52.7 Å². The first-order valence-electron chi connectivity index (χ1n) is 10.8. The van der Waals surface area contributed by atoms with E-state index in [1.54, 1.807) is 12.1 Å². The smallest absolute Gasteiger partial charge is 0.287 e. The van der Waals surface area contributed by atoms with Gasteiger partial charge < -0.3 is 15.1 Å². The van der Waals surface area contributed by atoms with E-state index in [1.165, 1.54) is 17.4 Å². The van der Waals surface area contributed by atoms with Gasteiger partial charge >= 0.3 is 0 Å². The second-order valence-corrected chi connectivity index (χ2v) is 8.72. The number of nitrogens with zero attached hydrogens (tertiary/aromatic N) is 1. The van der Waals surface area contributed by atoms with Crippen molar-refractivity contribution in [2.24, 2.45) is 11.8 Å². The number of fused-ring (bicyclic) bond motifs is 1. The minimum absolute atomic E-state index is 0.0386. The lowest BCUT2D eigenvalue weighted by atomic mass is 9.95. The van der Waals surface area contributed by atoms with Gasteiger partial charge in [0.05, 0.1) is 6.26 Å². The average Bonchev–Trinajstić information content (AvgIpc) is 3.26. The van der Waals surface area contributed by atoms with E-state index in [-0.39, 0.29) is 29.5 Å². The molecule has 0 aliphatic carbocycles. The van der Waals surface area contributed by atoms with Crippen LogP contribution in [0, 0.1) is 11.8 Å². The summed E-state index contributed by atoms with van der Waals surface area (Å²) in [5.74, 6) is 0.0319. The molecule has 0 fully saturated rings. The van der Waals surface area contributed by atoms with Crippen molar-refractivity contribution >= 4 is 11.8 Å². The molecule has 2 amide bonds. The van der Waals surface area contributed by atoms with E-state index < -0.39 is 6.04 Å². The molecule has 0 bridgehead atoms. The number of hydrogen-bond donors (Lipinski definition) is 2. The molecule has 2 N–H and O–H groups in total. The number of benzene rings is 1. The average molecular weight is 412 g/mol. The summed E-state index contributed by atoms with van der Waals surface area (Å²) in [5, 5.41) is 5.90. The van der Waals surface area contributed by atoms with E-state index >= 15 is 0 Å². The number of carbonyl (C=O) groups excluding carboxylic acids is 2. The van der Waals surface area contributed by atoms with E-state index in [4.69, 9.17) is 4.42 Å². The van der Waals surface area contributed by atoms with Gasteiger partial charge in [-0.3, -0.25) is 14.5 Å². The van der Waals surface area contributed by atoms with Crippen LogP contribution in [0.1, 0.15) is 49.4 Å². The first kappa shape index (κ1) is 22.1. The van der Waals surface area contributed by atoms with Crippen LogP contribution in [0.2, 0.25) is 0 Å². The fraction of sp³-hybridized carbons (Fsp3) is 0.500. The van der Waals surface area contributed by atoms with E-state index in [0.29, 0.717) is 12.5 Å². The highest BCUT2D eigenvalue weighted by molar-refractivity contribution is 5.95. The molecule has 0 spiro atoms. The number of rotatable bonds is 8. The monoisotopic (exact) mass is 411 g/mol. The van der Waals surface area contributed by atoms with Gasteiger partial charge in [0.1, 0.15) is 6.04 Å². The maximum atomic E-state index is 12.9. The van der Waals surface area contributed by atoms with E-state index in [2.05, 4.69) is 53.6 Å². The number of amides is 2. The predicted octanol–water partition coefficient (Wildman–Crippen LogP) is 3.23. The van der Waals surface area contributed by atoms with Gasteiger partial charge in [-0.05, 0) is 41.5 Å². The summed E-state index contributed by atoms with van der Waals surface area (Å²) in [5.41, 5.74) is 2.78. The van der Waals surface area contributed by atoms with Crippen LogP contribution < -0.4 is 10.6 Å². The van der Waals surface area contributed by atoms with Crippen LogP contribution in [0.4, 0.5) is 0 Å². The van der Waals surface area contributed by atoms with Gasteiger partial charge in [-0.15, -0.1) is 0 Å². The summed E-state index contributed by atoms with van der Waals surface area (Å²) in [6.45, 7) is 10.7. The number of carbonyl (C=O) groups is 2. The molecule has 2 heterocycles. The number of furan rings is 1. The van der Waals surface area contributed by atoms with Crippen LogP contribution in [0.3, 0.4) is 0 Å². The van der Waals surface area contributed by atoms with Crippen LogP contribution in [0.5, 0.6) is 0 Å². The van der Waals surface area contributed by atoms with Gasteiger partial charge in [-0.2, -0.15) is 0 Å². The van der Waals surface area contributed by atoms with Crippen molar-refractivity contribution in [1.29, 1.82) is 0 Å². The first-order valence-corrected chi connectivity index (χ1v) is 10.8. The SMILES string of the molecule is CC(C)[C@H](NC(=O)c1ccco1)C(=O)NC[C@H](C(C)C)N1CCc2ccccc2C1. The zero-order chi connectivity index (χ0) is 21.7. The first-order chi connectivity index (χ1) is 14.4. The lowest BCUT2D eigenvalue weighted by Crippen LogP contribution is -2.54. The minimum Gasteiger partial charge on any atom is -0.459 e. The largest absolute Gasteiger partial charge is 0.459 e. The van der Waals surface area contributed by atoms with Gasteiger partial charge in [0, 0.05) is 25.7 Å². The Morgan fingerprint density at radius 2 is 1.77 bits per heavy atom. The lowest BCUT2D eigenvalue weighted by molar-refractivity contribution is -0.124. The van der Waals surface area contributed by atoms with Gasteiger partial charge in [-0.1, -0.05) is 52.0 Å². The predicted molar refractivity (Wildman–Crippen MR) is 117 cm³/mol. The third-order valence-electron chi connectivity index (χ3n) is 5.86. The Morgan fingerprint density at radius 3 is 2.40 bits per heavy atom. The molecule has 6 nitrogen and oxygen atoms in total. The fourth-order valence-corrected chi connectivity index (χ4v) is 4.06. The molecule has 0 unspecified atom stereocenters. The van der Waals surface area contributed by atoms with Gasteiger partial charge in [0.25, 0.3) is 5.91 Å². The molecule has 1 aliphatic heterocycles. The highest BCUT2D eigenvalue weighted by atomic mass is 16.3. The Bertz CT molecular complexity index is 845. The summed E-state index contributed by atoms with van der Waals surface area (Å²) in [7, 11) is 0.